The number of nitrogens with zero attached hydrogens (tertiary/aromatic N) is 1. The van der Waals surface area contributed by atoms with Crippen LogP contribution >= 0.6 is 23.8 Å². The lowest BCUT2D eigenvalue weighted by Gasteiger charge is -2.16. The van der Waals surface area contributed by atoms with Gasteiger partial charge >= 0.3 is 12.4 Å². The lowest BCUT2D eigenvalue weighted by atomic mass is 10.1. The molecule has 0 atom stereocenters. The molecule has 1 aromatic carbocycles. The fourth-order valence-corrected chi connectivity index (χ4v) is 2.34. The predicted octanol–water partition coefficient (Wildman–Crippen LogP) is 5.26. The van der Waals surface area contributed by atoms with E-state index in [4.69, 9.17) is 23.8 Å². The van der Waals surface area contributed by atoms with Crippen molar-refractivity contribution >= 4 is 34.6 Å². The van der Waals surface area contributed by atoms with Crippen LogP contribution in [0, 0.1) is 0 Å². The molecule has 2 N–H and O–H groups in total. The molecule has 0 saturated carbocycles. The van der Waals surface area contributed by atoms with E-state index in [2.05, 4.69) is 15.6 Å². The zero-order chi connectivity index (χ0) is 19.5. The summed E-state index contributed by atoms with van der Waals surface area (Å²) in [6.45, 7) is -0.170. The second kappa shape index (κ2) is 7.67. The Morgan fingerprint density at radius 1 is 1.08 bits per heavy atom. The number of hydrogen-bond acceptors (Lipinski definition) is 2. The highest BCUT2D eigenvalue weighted by molar-refractivity contribution is 7.80. The lowest BCUT2D eigenvalue weighted by Crippen LogP contribution is -2.29. The molecule has 0 amide bonds. The van der Waals surface area contributed by atoms with Crippen molar-refractivity contribution in [1.29, 1.82) is 0 Å². The van der Waals surface area contributed by atoms with E-state index in [9.17, 15) is 26.3 Å². The Bertz CT molecular complexity index is 807. The molecular weight excluding hydrogens is 404 g/mol. The molecule has 0 unspecified atom stereocenters. The number of pyridine rings is 1. The molecule has 2 aromatic rings. The van der Waals surface area contributed by atoms with E-state index in [1.807, 2.05) is 0 Å². The molecule has 0 spiro atoms. The summed E-state index contributed by atoms with van der Waals surface area (Å²) < 4.78 is 76.4. The molecule has 26 heavy (non-hydrogen) atoms. The topological polar surface area (TPSA) is 37.0 Å². The molecule has 11 heteroatoms. The average Bonchev–Trinajstić information content (AvgIpc) is 2.52. The van der Waals surface area contributed by atoms with Crippen molar-refractivity contribution in [2.24, 2.45) is 0 Å². The van der Waals surface area contributed by atoms with Crippen LogP contribution in [0.25, 0.3) is 0 Å². The van der Waals surface area contributed by atoms with Crippen molar-refractivity contribution in [1.82, 2.24) is 10.3 Å². The van der Waals surface area contributed by atoms with Crippen molar-refractivity contribution in [2.45, 2.75) is 18.9 Å². The molecule has 140 valence electrons. The molecule has 0 saturated heterocycles. The van der Waals surface area contributed by atoms with Crippen LogP contribution in [-0.4, -0.2) is 10.1 Å². The van der Waals surface area contributed by atoms with Gasteiger partial charge < -0.3 is 10.6 Å². The SMILES string of the molecule is FC(F)(F)c1cnc(CNC(=S)Nc2ccccc2C(F)(F)F)c(Cl)c1. The second-order valence-corrected chi connectivity index (χ2v) is 5.82. The highest BCUT2D eigenvalue weighted by Crippen LogP contribution is 2.34. The summed E-state index contributed by atoms with van der Waals surface area (Å²) in [5.74, 6) is 0. The molecule has 0 bridgehead atoms. The number of anilines is 1. The molecular formula is C15H10ClF6N3S. The van der Waals surface area contributed by atoms with Crippen LogP contribution in [-0.2, 0) is 18.9 Å². The summed E-state index contributed by atoms with van der Waals surface area (Å²) in [6.07, 6.45) is -8.55. The van der Waals surface area contributed by atoms with Crippen LogP contribution in [0.5, 0.6) is 0 Å². The van der Waals surface area contributed by atoms with Gasteiger partial charge in [0.2, 0.25) is 0 Å². The van der Waals surface area contributed by atoms with Gasteiger partial charge in [0.05, 0.1) is 34.1 Å². The molecule has 2 rings (SSSR count). The van der Waals surface area contributed by atoms with Gasteiger partial charge in [-0.05, 0) is 30.4 Å². The Hall–Kier alpha value is -2.07. The third-order valence-electron chi connectivity index (χ3n) is 3.14. The molecule has 0 aliphatic heterocycles. The largest absolute Gasteiger partial charge is 0.418 e. The Balaban J connectivity index is 2.05. The number of aromatic nitrogens is 1. The molecule has 0 radical (unpaired) electrons. The van der Waals surface area contributed by atoms with Crippen LogP contribution in [0.3, 0.4) is 0 Å². The molecule has 3 nitrogen and oxygen atoms in total. The van der Waals surface area contributed by atoms with Crippen LogP contribution < -0.4 is 10.6 Å². The van der Waals surface area contributed by atoms with Crippen molar-refractivity contribution in [3.63, 3.8) is 0 Å². The van der Waals surface area contributed by atoms with E-state index in [1.54, 1.807) is 0 Å². The van der Waals surface area contributed by atoms with Gasteiger partial charge in [0.25, 0.3) is 0 Å². The van der Waals surface area contributed by atoms with Crippen molar-refractivity contribution in [3.05, 3.63) is 58.4 Å². The van der Waals surface area contributed by atoms with Crippen LogP contribution in [0.15, 0.2) is 36.5 Å². The minimum atomic E-state index is -4.58. The minimum Gasteiger partial charge on any atom is -0.357 e. The van der Waals surface area contributed by atoms with E-state index < -0.39 is 23.5 Å². The second-order valence-electron chi connectivity index (χ2n) is 5.00. The number of hydrogen-bond donors (Lipinski definition) is 2. The first-order valence-corrected chi connectivity index (χ1v) is 7.70. The zero-order valence-electron chi connectivity index (χ0n) is 12.7. The van der Waals surface area contributed by atoms with Crippen LogP contribution in [0.4, 0.5) is 32.0 Å². The standard InChI is InChI=1S/C15H10ClF6N3S/c16-10-5-8(14(17,18)19)6-23-12(10)7-24-13(26)25-11-4-2-1-3-9(11)15(20,21)22/h1-6H,7H2,(H2,24,25,26). The van der Waals surface area contributed by atoms with Gasteiger partial charge in [0.1, 0.15) is 0 Å². The number of alkyl halides is 6. The highest BCUT2D eigenvalue weighted by atomic mass is 35.5. The van der Waals surface area contributed by atoms with E-state index >= 15 is 0 Å². The van der Waals surface area contributed by atoms with Crippen molar-refractivity contribution in [3.8, 4) is 0 Å². The average molecular weight is 414 g/mol. The first-order valence-electron chi connectivity index (χ1n) is 6.91. The number of nitrogens with one attached hydrogen (secondary N) is 2. The fourth-order valence-electron chi connectivity index (χ4n) is 1.92. The van der Waals surface area contributed by atoms with Gasteiger partial charge in [-0.1, -0.05) is 23.7 Å². The smallest absolute Gasteiger partial charge is 0.357 e. The van der Waals surface area contributed by atoms with Crippen LogP contribution in [0.1, 0.15) is 16.8 Å². The first kappa shape index (κ1) is 20.2. The maximum Gasteiger partial charge on any atom is 0.418 e. The number of halogens is 7. The molecule has 0 aliphatic carbocycles. The summed E-state index contributed by atoms with van der Waals surface area (Å²) >= 11 is 10.7. The quantitative estimate of drug-likeness (QED) is 0.531. The summed E-state index contributed by atoms with van der Waals surface area (Å²) in [5, 5.41) is 4.53. The van der Waals surface area contributed by atoms with E-state index in [0.717, 1.165) is 6.07 Å². The van der Waals surface area contributed by atoms with Crippen molar-refractivity contribution in [2.75, 3.05) is 5.32 Å². The van der Waals surface area contributed by atoms with Gasteiger partial charge in [-0.3, -0.25) is 4.98 Å². The third-order valence-corrected chi connectivity index (χ3v) is 3.72. The van der Waals surface area contributed by atoms with Gasteiger partial charge in [0.15, 0.2) is 5.11 Å². The Kier molecular flexibility index (Phi) is 5.97. The van der Waals surface area contributed by atoms with Gasteiger partial charge in [-0.15, -0.1) is 0 Å². The monoisotopic (exact) mass is 413 g/mol. The predicted molar refractivity (Wildman–Crippen MR) is 88.8 cm³/mol. The summed E-state index contributed by atoms with van der Waals surface area (Å²) in [4.78, 5) is 3.60. The molecule has 0 fully saturated rings. The summed E-state index contributed by atoms with van der Waals surface area (Å²) in [6, 6.07) is 5.42. The van der Waals surface area contributed by atoms with Gasteiger partial charge in [-0.2, -0.15) is 26.3 Å². The normalized spacial score (nSPS) is 12.0. The lowest BCUT2D eigenvalue weighted by molar-refractivity contribution is -0.138. The van der Waals surface area contributed by atoms with Crippen molar-refractivity contribution < 1.29 is 26.3 Å². The van der Waals surface area contributed by atoms with E-state index in [1.165, 1.54) is 18.2 Å². The number of thiocarbonyl (C=S) groups is 1. The zero-order valence-corrected chi connectivity index (χ0v) is 14.2. The van der Waals surface area contributed by atoms with E-state index in [0.29, 0.717) is 12.3 Å². The maximum absolute atomic E-state index is 12.9. The van der Waals surface area contributed by atoms with Gasteiger partial charge in [-0.25, -0.2) is 0 Å². The Labute approximate surface area is 154 Å². The number of rotatable bonds is 3. The number of para-hydroxylation sites is 1. The fraction of sp³-hybridized carbons (Fsp3) is 0.200. The highest BCUT2D eigenvalue weighted by Gasteiger charge is 2.33. The summed E-state index contributed by atoms with van der Waals surface area (Å²) in [5.41, 5.74) is -2.11. The Morgan fingerprint density at radius 3 is 2.31 bits per heavy atom. The molecule has 1 heterocycles. The first-order chi connectivity index (χ1) is 12.0. The maximum atomic E-state index is 12.9. The molecule has 0 aliphatic rings. The Morgan fingerprint density at radius 2 is 1.73 bits per heavy atom. The minimum absolute atomic E-state index is 0.0629. The van der Waals surface area contributed by atoms with Crippen LogP contribution in [0.2, 0.25) is 5.02 Å². The van der Waals surface area contributed by atoms with E-state index in [-0.39, 0.29) is 28.1 Å². The molecule has 1 aromatic heterocycles. The number of benzene rings is 1. The summed E-state index contributed by atoms with van der Waals surface area (Å²) in [7, 11) is 0. The van der Waals surface area contributed by atoms with Gasteiger partial charge in [0, 0.05) is 6.20 Å². The third kappa shape index (κ3) is 5.21.